The second kappa shape index (κ2) is 9.66. The number of alkyl carbamates (subject to hydrolysis) is 1. The summed E-state index contributed by atoms with van der Waals surface area (Å²) in [6.07, 6.45) is 7.42. The van der Waals surface area contributed by atoms with E-state index >= 15 is 0 Å². The third-order valence-corrected chi connectivity index (χ3v) is 3.52. The zero-order chi connectivity index (χ0) is 19.7. The van der Waals surface area contributed by atoms with Crippen molar-refractivity contribution in [2.24, 2.45) is 0 Å². The van der Waals surface area contributed by atoms with Crippen LogP contribution in [0.2, 0.25) is 0 Å². The van der Waals surface area contributed by atoms with E-state index in [-0.39, 0.29) is 11.7 Å². The van der Waals surface area contributed by atoms with Gasteiger partial charge in [0.2, 0.25) is 0 Å². The van der Waals surface area contributed by atoms with E-state index in [0.29, 0.717) is 17.8 Å². The lowest BCUT2D eigenvalue weighted by atomic mass is 10.1. The van der Waals surface area contributed by atoms with Gasteiger partial charge >= 0.3 is 6.09 Å². The molecule has 0 heterocycles. The molecule has 0 spiro atoms. The first kappa shape index (κ1) is 21.3. The summed E-state index contributed by atoms with van der Waals surface area (Å²) in [6.45, 7) is 7.90. The molecule has 7 heteroatoms. The van der Waals surface area contributed by atoms with Gasteiger partial charge in [0.25, 0.3) is 5.69 Å². The largest absolute Gasteiger partial charge is 0.444 e. The summed E-state index contributed by atoms with van der Waals surface area (Å²) in [5.41, 5.74) is 0.303. The summed E-state index contributed by atoms with van der Waals surface area (Å²) in [5, 5.41) is 17.0. The van der Waals surface area contributed by atoms with Crippen molar-refractivity contribution in [3.63, 3.8) is 0 Å². The highest BCUT2D eigenvalue weighted by Crippen LogP contribution is 2.28. The Morgan fingerprint density at radius 1 is 1.38 bits per heavy atom. The Kier molecular flexibility index (Phi) is 7.91. The number of benzene rings is 1. The number of hydrogen-bond acceptors (Lipinski definition) is 5. The van der Waals surface area contributed by atoms with E-state index in [9.17, 15) is 14.9 Å². The van der Waals surface area contributed by atoms with Crippen LogP contribution < -0.4 is 10.6 Å². The minimum Gasteiger partial charge on any atom is -0.444 e. The molecule has 1 aromatic carbocycles. The highest BCUT2D eigenvalue weighted by molar-refractivity contribution is 5.71. The number of para-hydroxylation sites is 1. The molecule has 1 amide bonds. The van der Waals surface area contributed by atoms with Gasteiger partial charge in [0.05, 0.1) is 10.5 Å². The fraction of sp³-hybridized carbons (Fsp3) is 0.526. The Morgan fingerprint density at radius 3 is 2.65 bits per heavy atom. The Bertz CT molecular complexity index is 674. The number of nitrogens with zero attached hydrogens (tertiary/aromatic N) is 1. The normalized spacial score (nSPS) is 12.0. The number of nitrogens with one attached hydrogen (secondary N) is 2. The molecule has 0 aliphatic carbocycles. The molecule has 142 valence electrons. The maximum atomic E-state index is 11.5. The van der Waals surface area contributed by atoms with E-state index in [0.717, 1.165) is 19.3 Å². The molecule has 0 bridgehead atoms. The summed E-state index contributed by atoms with van der Waals surface area (Å²) < 4.78 is 5.16. The summed E-state index contributed by atoms with van der Waals surface area (Å²) in [7, 11) is 0. The molecule has 2 N–H and O–H groups in total. The first-order valence-electron chi connectivity index (χ1n) is 8.61. The van der Waals surface area contributed by atoms with Gasteiger partial charge in [-0.15, -0.1) is 6.42 Å². The SMILES string of the molecule is C#Cc1cccc([N+](=O)[O-])c1N[C@H](C)CCCCNC(=O)OC(C)(C)C. The number of carbonyl (C=O) groups excluding carboxylic acids is 1. The lowest BCUT2D eigenvalue weighted by Crippen LogP contribution is -2.33. The highest BCUT2D eigenvalue weighted by atomic mass is 16.6. The van der Waals surface area contributed by atoms with Crippen LogP contribution in [0.5, 0.6) is 0 Å². The highest BCUT2D eigenvalue weighted by Gasteiger charge is 2.18. The topological polar surface area (TPSA) is 93.5 Å². The van der Waals surface area contributed by atoms with E-state index < -0.39 is 16.6 Å². The van der Waals surface area contributed by atoms with E-state index in [1.807, 2.05) is 27.7 Å². The number of nitro benzene ring substituents is 1. The molecule has 7 nitrogen and oxygen atoms in total. The lowest BCUT2D eigenvalue weighted by Gasteiger charge is -2.20. The number of ether oxygens (including phenoxy) is 1. The molecular weight excluding hydrogens is 334 g/mol. The van der Waals surface area contributed by atoms with Gasteiger partial charge in [-0.1, -0.05) is 12.0 Å². The number of nitro groups is 1. The molecule has 0 saturated carbocycles. The average Bonchev–Trinajstić information content (AvgIpc) is 2.52. The molecule has 0 aliphatic rings. The van der Waals surface area contributed by atoms with Crippen molar-refractivity contribution in [1.29, 1.82) is 0 Å². The van der Waals surface area contributed by atoms with E-state index in [1.54, 1.807) is 12.1 Å². The van der Waals surface area contributed by atoms with Crippen LogP contribution in [-0.4, -0.2) is 29.2 Å². The van der Waals surface area contributed by atoms with Gasteiger partial charge in [-0.25, -0.2) is 4.79 Å². The molecular formula is C19H27N3O4. The molecule has 0 unspecified atom stereocenters. The standard InChI is InChI=1S/C19H27N3O4/c1-6-15-11-9-12-16(22(24)25)17(15)21-14(2)10-7-8-13-20-18(23)26-19(3,4)5/h1,9,11-12,14,21H,7-8,10,13H2,2-5H3,(H,20,23)/t14-/m1/s1. The summed E-state index contributed by atoms with van der Waals surface area (Å²) in [6, 6.07) is 4.68. The van der Waals surface area contributed by atoms with Crippen molar-refractivity contribution in [3.05, 3.63) is 33.9 Å². The minimum absolute atomic E-state index is 0.00438. The number of hydrogen-bond donors (Lipinski definition) is 2. The quantitative estimate of drug-likeness (QED) is 0.315. The van der Waals surface area contributed by atoms with Gasteiger partial charge in [-0.05, 0) is 53.0 Å². The number of amides is 1. The number of carbonyl (C=O) groups is 1. The molecule has 0 saturated heterocycles. The van der Waals surface area contributed by atoms with E-state index in [2.05, 4.69) is 16.6 Å². The van der Waals surface area contributed by atoms with Crippen LogP contribution in [0.3, 0.4) is 0 Å². The van der Waals surface area contributed by atoms with Crippen molar-refractivity contribution >= 4 is 17.5 Å². The second-order valence-electron chi connectivity index (χ2n) is 7.07. The van der Waals surface area contributed by atoms with Crippen LogP contribution in [0.1, 0.15) is 52.5 Å². The third kappa shape index (κ3) is 7.43. The summed E-state index contributed by atoms with van der Waals surface area (Å²) >= 11 is 0. The molecule has 1 rings (SSSR count). The van der Waals surface area contributed by atoms with Crippen LogP contribution in [0.15, 0.2) is 18.2 Å². The summed E-state index contributed by atoms with van der Waals surface area (Å²) in [5.74, 6) is 2.48. The van der Waals surface area contributed by atoms with Crippen LogP contribution in [-0.2, 0) is 4.74 Å². The van der Waals surface area contributed by atoms with Gasteiger partial charge in [0.15, 0.2) is 0 Å². The number of rotatable bonds is 8. The molecule has 0 fully saturated rings. The predicted molar refractivity (Wildman–Crippen MR) is 102 cm³/mol. The lowest BCUT2D eigenvalue weighted by molar-refractivity contribution is -0.384. The van der Waals surface area contributed by atoms with E-state index in [1.165, 1.54) is 6.07 Å². The Balaban J connectivity index is 2.44. The zero-order valence-electron chi connectivity index (χ0n) is 15.8. The molecule has 0 aromatic heterocycles. The van der Waals surface area contributed by atoms with Crippen molar-refractivity contribution in [2.75, 3.05) is 11.9 Å². The van der Waals surface area contributed by atoms with Gasteiger partial charge in [-0.3, -0.25) is 10.1 Å². The van der Waals surface area contributed by atoms with Crippen LogP contribution in [0, 0.1) is 22.5 Å². The number of terminal acetylenes is 1. The third-order valence-electron chi connectivity index (χ3n) is 3.52. The number of anilines is 1. The zero-order valence-corrected chi connectivity index (χ0v) is 15.8. The molecule has 0 aliphatic heterocycles. The number of unbranched alkanes of at least 4 members (excludes halogenated alkanes) is 1. The Morgan fingerprint density at radius 2 is 2.08 bits per heavy atom. The van der Waals surface area contributed by atoms with Gasteiger partial charge in [-0.2, -0.15) is 0 Å². The van der Waals surface area contributed by atoms with Crippen molar-refractivity contribution in [3.8, 4) is 12.3 Å². The minimum atomic E-state index is -0.512. The molecule has 1 atom stereocenters. The Labute approximate surface area is 154 Å². The van der Waals surface area contributed by atoms with Gasteiger partial charge in [0, 0.05) is 18.7 Å². The maximum absolute atomic E-state index is 11.5. The maximum Gasteiger partial charge on any atom is 0.407 e. The van der Waals surface area contributed by atoms with Crippen molar-refractivity contribution < 1.29 is 14.5 Å². The van der Waals surface area contributed by atoms with Gasteiger partial charge < -0.3 is 15.4 Å². The predicted octanol–water partition coefficient (Wildman–Crippen LogP) is 4.07. The van der Waals surface area contributed by atoms with Crippen LogP contribution in [0.4, 0.5) is 16.2 Å². The van der Waals surface area contributed by atoms with Crippen molar-refractivity contribution in [2.45, 2.75) is 58.6 Å². The van der Waals surface area contributed by atoms with Gasteiger partial charge in [0.1, 0.15) is 11.3 Å². The van der Waals surface area contributed by atoms with Crippen LogP contribution in [0.25, 0.3) is 0 Å². The second-order valence-corrected chi connectivity index (χ2v) is 7.07. The van der Waals surface area contributed by atoms with E-state index in [4.69, 9.17) is 11.2 Å². The Hall–Kier alpha value is -2.75. The fourth-order valence-electron chi connectivity index (χ4n) is 2.36. The summed E-state index contributed by atoms with van der Waals surface area (Å²) in [4.78, 5) is 22.3. The molecule has 26 heavy (non-hydrogen) atoms. The van der Waals surface area contributed by atoms with Crippen LogP contribution >= 0.6 is 0 Å². The molecule has 1 aromatic rings. The average molecular weight is 361 g/mol. The molecule has 0 radical (unpaired) electrons. The monoisotopic (exact) mass is 361 g/mol. The fourth-order valence-corrected chi connectivity index (χ4v) is 2.36. The smallest absolute Gasteiger partial charge is 0.407 e. The first-order chi connectivity index (χ1) is 12.1. The first-order valence-corrected chi connectivity index (χ1v) is 8.61. The van der Waals surface area contributed by atoms with Crippen molar-refractivity contribution in [1.82, 2.24) is 5.32 Å².